The molecule has 0 atom stereocenters. The third kappa shape index (κ3) is 5.60. The van der Waals surface area contributed by atoms with Crippen molar-refractivity contribution in [2.45, 2.75) is 44.9 Å². The molecule has 3 rings (SSSR count). The third-order valence-corrected chi connectivity index (χ3v) is 7.14. The topological polar surface area (TPSA) is 105 Å². The summed E-state index contributed by atoms with van der Waals surface area (Å²) in [5.41, 5.74) is 3.71. The number of carbonyl (C=O) groups is 1. The van der Waals surface area contributed by atoms with Gasteiger partial charge >= 0.3 is 6.01 Å². The van der Waals surface area contributed by atoms with Gasteiger partial charge in [-0.3, -0.25) is 10.1 Å². The number of aromatic nitrogens is 2. The van der Waals surface area contributed by atoms with Gasteiger partial charge in [-0.25, -0.2) is 12.7 Å². The molecule has 0 unspecified atom stereocenters. The van der Waals surface area contributed by atoms with Gasteiger partial charge in [0.15, 0.2) is 0 Å². The van der Waals surface area contributed by atoms with E-state index in [-0.39, 0.29) is 16.5 Å². The molecule has 170 valence electrons. The van der Waals surface area contributed by atoms with Gasteiger partial charge in [0.1, 0.15) is 0 Å². The maximum Gasteiger partial charge on any atom is 0.322 e. The van der Waals surface area contributed by atoms with E-state index in [1.807, 2.05) is 32.9 Å². The number of carbonyl (C=O) groups excluding carboxylic acids is 1. The molecule has 0 bridgehead atoms. The zero-order valence-corrected chi connectivity index (χ0v) is 19.6. The molecule has 8 nitrogen and oxygen atoms in total. The minimum Gasteiger partial charge on any atom is -0.407 e. The molecular weight excluding hydrogens is 428 g/mol. The van der Waals surface area contributed by atoms with Crippen LogP contribution in [-0.4, -0.2) is 42.4 Å². The van der Waals surface area contributed by atoms with E-state index in [1.54, 1.807) is 7.05 Å². The Balaban J connectivity index is 1.64. The van der Waals surface area contributed by atoms with Gasteiger partial charge in [0.25, 0.3) is 5.91 Å². The van der Waals surface area contributed by atoms with Crippen molar-refractivity contribution in [3.63, 3.8) is 0 Å². The van der Waals surface area contributed by atoms with Crippen LogP contribution in [0.15, 0.2) is 51.8 Å². The van der Waals surface area contributed by atoms with Crippen molar-refractivity contribution in [1.29, 1.82) is 0 Å². The van der Waals surface area contributed by atoms with Crippen LogP contribution in [0.1, 0.15) is 52.7 Å². The highest BCUT2D eigenvalue weighted by Crippen LogP contribution is 2.18. The summed E-state index contributed by atoms with van der Waals surface area (Å²) in [5.74, 6) is -0.0743. The van der Waals surface area contributed by atoms with Gasteiger partial charge in [-0.2, -0.15) is 0 Å². The Morgan fingerprint density at radius 3 is 2.44 bits per heavy atom. The van der Waals surface area contributed by atoms with Gasteiger partial charge in [0, 0.05) is 19.2 Å². The quantitative estimate of drug-likeness (QED) is 0.523. The summed E-state index contributed by atoms with van der Waals surface area (Å²) in [5, 5.41) is 10.4. The number of nitrogens with one attached hydrogen (secondary N) is 1. The minimum atomic E-state index is -3.58. The average Bonchev–Trinajstić information content (AvgIpc) is 3.21. The lowest BCUT2D eigenvalue weighted by Crippen LogP contribution is -2.28. The Morgan fingerprint density at radius 2 is 1.78 bits per heavy atom. The first-order valence-electron chi connectivity index (χ1n) is 10.5. The van der Waals surface area contributed by atoms with E-state index < -0.39 is 15.9 Å². The molecule has 1 N–H and O–H groups in total. The Bertz CT molecular complexity index is 1190. The molecule has 3 aromatic rings. The fourth-order valence-electron chi connectivity index (χ4n) is 3.09. The molecular formula is C23H28N4O4S. The molecule has 0 fully saturated rings. The highest BCUT2D eigenvalue weighted by atomic mass is 32.2. The highest BCUT2D eigenvalue weighted by molar-refractivity contribution is 7.89. The highest BCUT2D eigenvalue weighted by Gasteiger charge is 2.21. The number of hydrogen-bond acceptors (Lipinski definition) is 6. The van der Waals surface area contributed by atoms with Crippen LogP contribution >= 0.6 is 0 Å². The van der Waals surface area contributed by atoms with E-state index in [4.69, 9.17) is 4.42 Å². The molecule has 0 spiro atoms. The fraction of sp³-hybridized carbons (Fsp3) is 0.348. The lowest BCUT2D eigenvalue weighted by molar-refractivity contribution is 0.102. The molecule has 0 saturated heterocycles. The molecule has 0 aliphatic carbocycles. The van der Waals surface area contributed by atoms with Crippen molar-refractivity contribution in [3.05, 3.63) is 70.6 Å². The molecule has 0 aliphatic heterocycles. The molecule has 1 heterocycles. The maximum atomic E-state index is 12.6. The van der Waals surface area contributed by atoms with Gasteiger partial charge in [-0.05, 0) is 61.2 Å². The van der Waals surface area contributed by atoms with E-state index >= 15 is 0 Å². The van der Waals surface area contributed by atoms with E-state index in [9.17, 15) is 13.2 Å². The molecule has 1 amide bonds. The number of sulfonamides is 1. The van der Waals surface area contributed by atoms with Crippen LogP contribution in [0.25, 0.3) is 0 Å². The van der Waals surface area contributed by atoms with Crippen LogP contribution < -0.4 is 5.32 Å². The van der Waals surface area contributed by atoms with Gasteiger partial charge in [0.05, 0.1) is 11.3 Å². The summed E-state index contributed by atoms with van der Waals surface area (Å²) in [6.45, 7) is 6.54. The van der Waals surface area contributed by atoms with E-state index in [0.29, 0.717) is 18.9 Å². The molecule has 0 saturated carbocycles. The molecule has 2 aromatic carbocycles. The van der Waals surface area contributed by atoms with Gasteiger partial charge in [-0.1, -0.05) is 36.6 Å². The van der Waals surface area contributed by atoms with Gasteiger partial charge in [-0.15, -0.1) is 5.10 Å². The van der Waals surface area contributed by atoms with Gasteiger partial charge in [0.2, 0.25) is 15.9 Å². The Labute approximate surface area is 188 Å². The number of unbranched alkanes of at least 4 members (excludes halogenated alkanes) is 1. The predicted molar refractivity (Wildman–Crippen MR) is 122 cm³/mol. The summed E-state index contributed by atoms with van der Waals surface area (Å²) in [7, 11) is -2.03. The smallest absolute Gasteiger partial charge is 0.322 e. The van der Waals surface area contributed by atoms with E-state index in [2.05, 4.69) is 21.6 Å². The van der Waals surface area contributed by atoms with Crippen LogP contribution in [0.3, 0.4) is 0 Å². The van der Waals surface area contributed by atoms with Crippen molar-refractivity contribution in [3.8, 4) is 0 Å². The normalized spacial score (nSPS) is 11.7. The van der Waals surface area contributed by atoms with E-state index in [0.717, 1.165) is 18.4 Å². The number of benzene rings is 2. The Kier molecular flexibility index (Phi) is 7.42. The second-order valence-corrected chi connectivity index (χ2v) is 9.80. The molecule has 0 radical (unpaired) electrons. The number of aryl methyl sites for hydroxylation is 2. The number of hydrogen-bond donors (Lipinski definition) is 1. The zero-order chi connectivity index (χ0) is 23.3. The standard InChI is InChI=1S/C23H28N4O4S/c1-5-6-13-27(4)32(29,30)20-11-9-19(10-12-20)22(28)24-23-26-25-21(31-23)15-18-8-7-16(2)17(3)14-18/h7-12,14H,5-6,13,15H2,1-4H3,(H,24,26,28). The van der Waals surface area contributed by atoms with Crippen molar-refractivity contribution >= 4 is 21.9 Å². The lowest BCUT2D eigenvalue weighted by Gasteiger charge is -2.16. The minimum absolute atomic E-state index is 0.00942. The monoisotopic (exact) mass is 456 g/mol. The lowest BCUT2D eigenvalue weighted by atomic mass is 10.0. The number of anilines is 1. The first-order valence-corrected chi connectivity index (χ1v) is 11.9. The predicted octanol–water partition coefficient (Wildman–Crippen LogP) is 3.95. The summed E-state index contributed by atoms with van der Waals surface area (Å²) in [4.78, 5) is 12.6. The molecule has 32 heavy (non-hydrogen) atoms. The summed E-state index contributed by atoms with van der Waals surface area (Å²) in [6.07, 6.45) is 2.15. The van der Waals surface area contributed by atoms with Crippen LogP contribution in [0.5, 0.6) is 0 Å². The van der Waals surface area contributed by atoms with Crippen LogP contribution in [0.2, 0.25) is 0 Å². The Hall–Kier alpha value is -3.04. The average molecular weight is 457 g/mol. The van der Waals surface area contributed by atoms with Crippen molar-refractivity contribution in [1.82, 2.24) is 14.5 Å². The molecule has 0 aliphatic rings. The maximum absolute atomic E-state index is 12.6. The second-order valence-electron chi connectivity index (χ2n) is 7.75. The number of amides is 1. The fourth-order valence-corrected chi connectivity index (χ4v) is 4.30. The molecule has 9 heteroatoms. The summed E-state index contributed by atoms with van der Waals surface area (Å²) >= 11 is 0. The summed E-state index contributed by atoms with van der Waals surface area (Å²) < 4.78 is 32.0. The van der Waals surface area contributed by atoms with Crippen molar-refractivity contribution in [2.75, 3.05) is 18.9 Å². The van der Waals surface area contributed by atoms with Gasteiger partial charge < -0.3 is 4.42 Å². The van der Waals surface area contributed by atoms with Crippen molar-refractivity contribution in [2.24, 2.45) is 0 Å². The second kappa shape index (κ2) is 10.1. The van der Waals surface area contributed by atoms with Crippen LogP contribution in [-0.2, 0) is 16.4 Å². The first kappa shape index (κ1) is 23.6. The SMILES string of the molecule is CCCCN(C)S(=O)(=O)c1ccc(C(=O)Nc2nnc(Cc3ccc(C)c(C)c3)o2)cc1. The number of rotatable bonds is 9. The Morgan fingerprint density at radius 1 is 1.06 bits per heavy atom. The molecule has 1 aromatic heterocycles. The van der Waals surface area contributed by atoms with Crippen LogP contribution in [0.4, 0.5) is 6.01 Å². The zero-order valence-electron chi connectivity index (χ0n) is 18.8. The van der Waals surface area contributed by atoms with E-state index in [1.165, 1.54) is 39.7 Å². The van der Waals surface area contributed by atoms with Crippen LogP contribution in [0, 0.1) is 13.8 Å². The number of nitrogens with zero attached hydrogens (tertiary/aromatic N) is 3. The third-order valence-electron chi connectivity index (χ3n) is 5.27. The summed E-state index contributed by atoms with van der Waals surface area (Å²) in [6, 6.07) is 11.9. The first-order chi connectivity index (χ1) is 15.2. The largest absolute Gasteiger partial charge is 0.407 e. The van der Waals surface area contributed by atoms with Crippen molar-refractivity contribution < 1.29 is 17.6 Å².